The molecule has 0 spiro atoms. The van der Waals surface area contributed by atoms with Crippen molar-refractivity contribution in [3.63, 3.8) is 0 Å². The summed E-state index contributed by atoms with van der Waals surface area (Å²) >= 11 is 1.65. The second-order valence-corrected chi connectivity index (χ2v) is 6.62. The van der Waals surface area contributed by atoms with E-state index in [1.54, 1.807) is 17.5 Å². The summed E-state index contributed by atoms with van der Waals surface area (Å²) in [5.74, 6) is 0.240. The minimum absolute atomic E-state index is 0.240. The molecule has 0 aliphatic rings. The Balaban J connectivity index is 1.65. The summed E-state index contributed by atoms with van der Waals surface area (Å²) in [6, 6.07) is 3.98. The van der Waals surface area contributed by atoms with Crippen molar-refractivity contribution in [2.24, 2.45) is 0 Å². The number of Topliss-reactive ketones (excluding diaryl/α,β-unsaturated/α-hetero) is 1. The quantitative estimate of drug-likeness (QED) is 0.397. The summed E-state index contributed by atoms with van der Waals surface area (Å²) in [6.07, 6.45) is 12.5. The predicted molar refractivity (Wildman–Crippen MR) is 91.2 cm³/mol. The van der Waals surface area contributed by atoms with E-state index >= 15 is 0 Å². The van der Waals surface area contributed by atoms with E-state index in [1.165, 1.54) is 44.9 Å². The van der Waals surface area contributed by atoms with E-state index in [0.29, 0.717) is 6.42 Å². The lowest BCUT2D eigenvalue weighted by molar-refractivity contribution is 0.0979. The Labute approximate surface area is 131 Å². The van der Waals surface area contributed by atoms with Crippen LogP contribution in [0.4, 0.5) is 0 Å². The molecule has 0 aliphatic heterocycles. The zero-order chi connectivity index (χ0) is 14.9. The molecule has 0 radical (unpaired) electrons. The third kappa shape index (κ3) is 5.24. The molecule has 114 valence electrons. The van der Waals surface area contributed by atoms with Gasteiger partial charge in [0.05, 0.1) is 10.2 Å². The molecule has 2 aromatic rings. The lowest BCUT2D eigenvalue weighted by Gasteiger charge is -2.02. The highest BCUT2D eigenvalue weighted by Crippen LogP contribution is 2.20. The molecule has 2 aromatic heterocycles. The van der Waals surface area contributed by atoms with E-state index in [4.69, 9.17) is 0 Å². The maximum Gasteiger partial charge on any atom is 0.164 e. The van der Waals surface area contributed by atoms with Gasteiger partial charge in [-0.2, -0.15) is 0 Å². The van der Waals surface area contributed by atoms with Gasteiger partial charge in [-0.15, -0.1) is 11.3 Å². The van der Waals surface area contributed by atoms with E-state index in [9.17, 15) is 4.79 Å². The summed E-state index contributed by atoms with van der Waals surface area (Å²) in [5.41, 5.74) is 1.76. The molecule has 0 fully saturated rings. The van der Waals surface area contributed by atoms with Crippen LogP contribution in [0.2, 0.25) is 0 Å². The maximum atomic E-state index is 12.1. The first-order valence-electron chi connectivity index (χ1n) is 8.17. The molecule has 0 atom stereocenters. The molecule has 2 heterocycles. The smallest absolute Gasteiger partial charge is 0.164 e. The minimum Gasteiger partial charge on any atom is -0.294 e. The van der Waals surface area contributed by atoms with Gasteiger partial charge >= 0.3 is 0 Å². The van der Waals surface area contributed by atoms with Crippen LogP contribution in [0.1, 0.15) is 75.1 Å². The molecule has 0 bridgehead atoms. The number of aromatic nitrogens is 1. The molecule has 0 aromatic carbocycles. The Bertz CT molecular complexity index is 561. The van der Waals surface area contributed by atoms with Gasteiger partial charge in [0.2, 0.25) is 0 Å². The monoisotopic (exact) mass is 303 g/mol. The molecule has 2 rings (SSSR count). The van der Waals surface area contributed by atoms with Gasteiger partial charge in [-0.1, -0.05) is 51.9 Å². The Kier molecular flexibility index (Phi) is 6.87. The summed E-state index contributed by atoms with van der Waals surface area (Å²) in [4.78, 5) is 16.5. The Morgan fingerprint density at radius 1 is 1.10 bits per heavy atom. The number of fused-ring (bicyclic) bond motifs is 1. The molecule has 0 unspecified atom stereocenters. The molecule has 21 heavy (non-hydrogen) atoms. The first-order valence-corrected chi connectivity index (χ1v) is 9.05. The molecule has 0 N–H and O–H groups in total. The number of nitrogens with zero attached hydrogens (tertiary/aromatic N) is 1. The molecule has 0 amide bonds. The van der Waals surface area contributed by atoms with Crippen molar-refractivity contribution in [2.75, 3.05) is 0 Å². The van der Waals surface area contributed by atoms with Gasteiger partial charge in [0.15, 0.2) is 5.78 Å². The van der Waals surface area contributed by atoms with Gasteiger partial charge < -0.3 is 0 Å². The topological polar surface area (TPSA) is 30.0 Å². The average Bonchev–Trinajstić information content (AvgIpc) is 2.97. The number of thiophene rings is 1. The lowest BCUT2D eigenvalue weighted by Crippen LogP contribution is -1.99. The van der Waals surface area contributed by atoms with Crippen LogP contribution in [0.25, 0.3) is 10.2 Å². The van der Waals surface area contributed by atoms with Crippen LogP contribution < -0.4 is 0 Å². The van der Waals surface area contributed by atoms with Gasteiger partial charge in [-0.05, 0) is 23.9 Å². The number of pyridine rings is 1. The standard InChI is InChI=1S/C18H25NOS/c1-2-3-4-5-6-7-8-9-10-17(20)15-13-18-16(19-14-15)11-12-21-18/h11-14H,2-10H2,1H3. The van der Waals surface area contributed by atoms with Crippen molar-refractivity contribution < 1.29 is 4.79 Å². The number of rotatable bonds is 10. The largest absolute Gasteiger partial charge is 0.294 e. The van der Waals surface area contributed by atoms with E-state index in [2.05, 4.69) is 11.9 Å². The summed E-state index contributed by atoms with van der Waals surface area (Å²) in [7, 11) is 0. The molecule has 0 aliphatic carbocycles. The fourth-order valence-corrected chi connectivity index (χ4v) is 3.34. The molecular formula is C18H25NOS. The van der Waals surface area contributed by atoms with Crippen molar-refractivity contribution in [1.82, 2.24) is 4.98 Å². The number of hydrogen-bond acceptors (Lipinski definition) is 3. The first kappa shape index (κ1) is 16.2. The van der Waals surface area contributed by atoms with Crippen LogP contribution in [0.5, 0.6) is 0 Å². The average molecular weight is 303 g/mol. The van der Waals surface area contributed by atoms with Gasteiger partial charge in [-0.3, -0.25) is 9.78 Å². The lowest BCUT2D eigenvalue weighted by atomic mass is 10.0. The highest BCUT2D eigenvalue weighted by atomic mass is 32.1. The van der Waals surface area contributed by atoms with E-state index in [0.717, 1.165) is 22.2 Å². The molecule has 3 heteroatoms. The van der Waals surface area contributed by atoms with Crippen molar-refractivity contribution >= 4 is 27.3 Å². The second kappa shape index (κ2) is 8.93. The number of hydrogen-bond donors (Lipinski definition) is 0. The third-order valence-corrected chi connectivity index (χ3v) is 4.74. The van der Waals surface area contributed by atoms with Gasteiger partial charge in [0, 0.05) is 18.2 Å². The van der Waals surface area contributed by atoms with Gasteiger partial charge in [0.25, 0.3) is 0 Å². The van der Waals surface area contributed by atoms with Crippen LogP contribution in [-0.2, 0) is 0 Å². The SMILES string of the molecule is CCCCCCCCCCC(=O)c1cnc2ccsc2c1. The maximum absolute atomic E-state index is 12.1. The van der Waals surface area contributed by atoms with Crippen molar-refractivity contribution in [3.05, 3.63) is 29.3 Å². The summed E-state index contributed by atoms with van der Waals surface area (Å²) in [6.45, 7) is 2.24. The minimum atomic E-state index is 0.240. The fraction of sp³-hybridized carbons (Fsp3) is 0.556. The summed E-state index contributed by atoms with van der Waals surface area (Å²) in [5, 5.41) is 2.02. The van der Waals surface area contributed by atoms with Crippen LogP contribution in [-0.4, -0.2) is 10.8 Å². The number of unbranched alkanes of at least 4 members (excludes halogenated alkanes) is 7. The van der Waals surface area contributed by atoms with Crippen LogP contribution >= 0.6 is 11.3 Å². The van der Waals surface area contributed by atoms with E-state index < -0.39 is 0 Å². The second-order valence-electron chi connectivity index (χ2n) is 5.68. The van der Waals surface area contributed by atoms with Crippen molar-refractivity contribution in [3.8, 4) is 0 Å². The molecule has 0 saturated carbocycles. The zero-order valence-corrected chi connectivity index (χ0v) is 13.8. The number of ketones is 1. The molecule has 2 nitrogen and oxygen atoms in total. The number of carbonyl (C=O) groups excluding carboxylic acids is 1. The zero-order valence-electron chi connectivity index (χ0n) is 12.9. The van der Waals surface area contributed by atoms with Gasteiger partial charge in [-0.25, -0.2) is 0 Å². The van der Waals surface area contributed by atoms with Crippen LogP contribution in [0.3, 0.4) is 0 Å². The van der Waals surface area contributed by atoms with Crippen molar-refractivity contribution in [1.29, 1.82) is 0 Å². The molecular weight excluding hydrogens is 278 g/mol. The highest BCUT2D eigenvalue weighted by molar-refractivity contribution is 7.17. The Hall–Kier alpha value is -1.22. The normalized spacial score (nSPS) is 11.1. The van der Waals surface area contributed by atoms with E-state index in [-0.39, 0.29) is 5.78 Å². The third-order valence-electron chi connectivity index (χ3n) is 3.88. The molecule has 0 saturated heterocycles. The fourth-order valence-electron chi connectivity index (χ4n) is 2.56. The highest BCUT2D eigenvalue weighted by Gasteiger charge is 2.07. The Morgan fingerprint density at radius 2 is 1.81 bits per heavy atom. The van der Waals surface area contributed by atoms with Crippen molar-refractivity contribution in [2.45, 2.75) is 64.7 Å². The van der Waals surface area contributed by atoms with Crippen LogP contribution in [0, 0.1) is 0 Å². The Morgan fingerprint density at radius 3 is 2.57 bits per heavy atom. The predicted octanol–water partition coefficient (Wildman–Crippen LogP) is 6.01. The van der Waals surface area contributed by atoms with Crippen LogP contribution in [0.15, 0.2) is 23.7 Å². The first-order chi connectivity index (χ1) is 10.3. The number of carbonyl (C=O) groups is 1. The van der Waals surface area contributed by atoms with Gasteiger partial charge in [0.1, 0.15) is 0 Å². The van der Waals surface area contributed by atoms with E-state index in [1.807, 2.05) is 17.5 Å². The summed E-state index contributed by atoms with van der Waals surface area (Å²) < 4.78 is 1.11.